The van der Waals surface area contributed by atoms with Crippen molar-refractivity contribution in [3.8, 4) is 17.0 Å². The lowest BCUT2D eigenvalue weighted by atomic mass is 10.1. The molecular weight excluding hydrogens is 221 g/mol. The largest absolute Gasteiger partial charge is 0.493 e. The molecule has 5 heteroatoms. The fraction of sp³-hybridized carbons (Fsp3) is 0.250. The number of nitrogen functional groups attached to an aromatic ring is 1. The summed E-state index contributed by atoms with van der Waals surface area (Å²) in [5.74, 6) is 0.893. The van der Waals surface area contributed by atoms with E-state index < -0.39 is 0 Å². The van der Waals surface area contributed by atoms with Crippen molar-refractivity contribution in [3.63, 3.8) is 0 Å². The number of aryl methyl sites for hydroxylation is 1. The number of fused-ring (bicyclic) bond motifs is 1. The molecule has 0 atom stereocenters. The highest BCUT2D eigenvalue weighted by Crippen LogP contribution is 2.34. The second-order valence-corrected chi connectivity index (χ2v) is 4.08. The Morgan fingerprint density at radius 2 is 2.29 bits per heavy atom. The molecule has 1 aromatic heterocycles. The van der Waals surface area contributed by atoms with Crippen LogP contribution in [0.1, 0.15) is 5.56 Å². The van der Waals surface area contributed by atoms with Gasteiger partial charge in [0, 0.05) is 30.7 Å². The van der Waals surface area contributed by atoms with Gasteiger partial charge in [0.05, 0.1) is 12.3 Å². The van der Waals surface area contributed by atoms with Crippen LogP contribution in [0.5, 0.6) is 5.75 Å². The number of nitrogens with zero attached hydrogens (tertiary/aromatic N) is 2. The Bertz CT molecular complexity index is 572. The minimum Gasteiger partial charge on any atom is -0.493 e. The summed E-state index contributed by atoms with van der Waals surface area (Å²) >= 11 is 0. The fourth-order valence-electron chi connectivity index (χ4n) is 2.05. The molecule has 0 bridgehead atoms. The van der Waals surface area contributed by atoms with E-state index in [4.69, 9.17) is 10.5 Å². The lowest BCUT2D eigenvalue weighted by Gasteiger charge is -2.04. The maximum absolute atomic E-state index is 14.2. The Balaban J connectivity index is 2.15. The monoisotopic (exact) mass is 233 g/mol. The molecule has 0 spiro atoms. The second-order valence-electron chi connectivity index (χ2n) is 4.08. The van der Waals surface area contributed by atoms with Crippen molar-refractivity contribution in [2.75, 3.05) is 12.3 Å². The molecule has 3 rings (SSSR count). The molecule has 4 nitrogen and oxygen atoms in total. The van der Waals surface area contributed by atoms with Crippen LogP contribution >= 0.6 is 0 Å². The average Bonchev–Trinajstić information content (AvgIpc) is 2.88. The lowest BCUT2D eigenvalue weighted by Crippen LogP contribution is -1.97. The van der Waals surface area contributed by atoms with E-state index in [1.807, 2.05) is 0 Å². The van der Waals surface area contributed by atoms with Gasteiger partial charge in [-0.2, -0.15) is 5.10 Å². The minimum atomic E-state index is -0.252. The van der Waals surface area contributed by atoms with Crippen LogP contribution in [0.25, 0.3) is 11.3 Å². The van der Waals surface area contributed by atoms with E-state index in [9.17, 15) is 4.39 Å². The highest BCUT2D eigenvalue weighted by molar-refractivity contribution is 5.66. The van der Waals surface area contributed by atoms with Crippen LogP contribution < -0.4 is 10.5 Å². The Kier molecular flexibility index (Phi) is 2.07. The Labute approximate surface area is 97.8 Å². The van der Waals surface area contributed by atoms with Gasteiger partial charge in [-0.3, -0.25) is 4.68 Å². The Morgan fingerprint density at radius 1 is 1.47 bits per heavy atom. The molecule has 2 heterocycles. The van der Waals surface area contributed by atoms with Gasteiger partial charge in [-0.15, -0.1) is 0 Å². The van der Waals surface area contributed by atoms with Crippen LogP contribution in [-0.4, -0.2) is 16.4 Å². The number of nitrogens with two attached hydrogens (primary N) is 1. The van der Waals surface area contributed by atoms with Crippen molar-refractivity contribution in [3.05, 3.63) is 29.6 Å². The average molecular weight is 233 g/mol. The van der Waals surface area contributed by atoms with Crippen LogP contribution in [-0.2, 0) is 13.5 Å². The molecule has 0 saturated heterocycles. The number of aromatic nitrogens is 2. The normalized spacial score (nSPS) is 13.5. The molecule has 2 aromatic rings. The maximum Gasteiger partial charge on any atom is 0.139 e. The third-order valence-corrected chi connectivity index (χ3v) is 3.00. The molecule has 1 aliphatic rings. The van der Waals surface area contributed by atoms with Gasteiger partial charge in [-0.05, 0) is 12.1 Å². The van der Waals surface area contributed by atoms with Crippen molar-refractivity contribution in [1.82, 2.24) is 9.78 Å². The second kappa shape index (κ2) is 3.48. The van der Waals surface area contributed by atoms with Crippen molar-refractivity contribution in [2.24, 2.45) is 7.05 Å². The Hall–Kier alpha value is -2.04. The van der Waals surface area contributed by atoms with E-state index in [0.29, 0.717) is 41.4 Å². The molecule has 0 saturated carbocycles. The Morgan fingerprint density at radius 3 is 3.00 bits per heavy atom. The van der Waals surface area contributed by atoms with Gasteiger partial charge < -0.3 is 10.5 Å². The quantitative estimate of drug-likeness (QED) is 0.816. The lowest BCUT2D eigenvalue weighted by molar-refractivity contribution is 0.357. The fourth-order valence-corrected chi connectivity index (χ4v) is 2.05. The highest BCUT2D eigenvalue weighted by Gasteiger charge is 2.21. The number of hydrogen-bond donors (Lipinski definition) is 1. The maximum atomic E-state index is 14.2. The van der Waals surface area contributed by atoms with Crippen LogP contribution in [0.3, 0.4) is 0 Å². The van der Waals surface area contributed by atoms with Crippen molar-refractivity contribution < 1.29 is 9.13 Å². The number of hydrogen-bond acceptors (Lipinski definition) is 3. The van der Waals surface area contributed by atoms with Gasteiger partial charge in [0.1, 0.15) is 17.4 Å². The van der Waals surface area contributed by atoms with Gasteiger partial charge in [-0.25, -0.2) is 4.39 Å². The molecule has 88 valence electrons. The molecule has 0 fully saturated rings. The summed E-state index contributed by atoms with van der Waals surface area (Å²) in [7, 11) is 1.73. The first kappa shape index (κ1) is 10.1. The SMILES string of the molecule is Cn1nc(-c2ccc3c(c2F)CCO3)cc1N. The number of ether oxygens (including phenoxy) is 1. The number of benzene rings is 1. The zero-order chi connectivity index (χ0) is 12.0. The number of rotatable bonds is 1. The third kappa shape index (κ3) is 1.46. The predicted molar refractivity (Wildman–Crippen MR) is 62.2 cm³/mol. The summed E-state index contributed by atoms with van der Waals surface area (Å²) in [6.07, 6.45) is 0.608. The number of anilines is 1. The molecule has 2 N–H and O–H groups in total. The smallest absolute Gasteiger partial charge is 0.139 e. The molecule has 1 aliphatic heterocycles. The minimum absolute atomic E-state index is 0.252. The highest BCUT2D eigenvalue weighted by atomic mass is 19.1. The summed E-state index contributed by atoms with van der Waals surface area (Å²) in [6.45, 7) is 0.542. The summed E-state index contributed by atoms with van der Waals surface area (Å²) in [4.78, 5) is 0. The van der Waals surface area contributed by atoms with E-state index in [2.05, 4.69) is 5.10 Å². The zero-order valence-corrected chi connectivity index (χ0v) is 9.40. The summed E-state index contributed by atoms with van der Waals surface area (Å²) in [5.41, 5.74) is 7.35. The first-order chi connectivity index (χ1) is 8.16. The van der Waals surface area contributed by atoms with Crippen LogP contribution in [0, 0.1) is 5.82 Å². The van der Waals surface area contributed by atoms with Crippen LogP contribution in [0.15, 0.2) is 18.2 Å². The molecule has 0 amide bonds. The summed E-state index contributed by atoms with van der Waals surface area (Å²) in [5, 5.41) is 4.18. The summed E-state index contributed by atoms with van der Waals surface area (Å²) < 4.78 is 21.1. The topological polar surface area (TPSA) is 53.1 Å². The van der Waals surface area contributed by atoms with E-state index in [1.165, 1.54) is 4.68 Å². The molecule has 17 heavy (non-hydrogen) atoms. The zero-order valence-electron chi connectivity index (χ0n) is 9.40. The molecule has 0 unspecified atom stereocenters. The molecule has 1 aromatic carbocycles. The van der Waals surface area contributed by atoms with Crippen LogP contribution in [0.2, 0.25) is 0 Å². The van der Waals surface area contributed by atoms with Gasteiger partial charge in [0.15, 0.2) is 0 Å². The predicted octanol–water partition coefficient (Wildman–Crippen LogP) is 1.74. The molecular formula is C12H12FN3O. The number of halogens is 1. The van der Waals surface area contributed by atoms with Gasteiger partial charge >= 0.3 is 0 Å². The first-order valence-corrected chi connectivity index (χ1v) is 5.41. The van der Waals surface area contributed by atoms with Crippen LogP contribution in [0.4, 0.5) is 10.2 Å². The van der Waals surface area contributed by atoms with Gasteiger partial charge in [0.2, 0.25) is 0 Å². The third-order valence-electron chi connectivity index (χ3n) is 3.00. The van der Waals surface area contributed by atoms with E-state index >= 15 is 0 Å². The van der Waals surface area contributed by atoms with E-state index in [0.717, 1.165) is 0 Å². The van der Waals surface area contributed by atoms with Crippen molar-refractivity contribution >= 4 is 5.82 Å². The van der Waals surface area contributed by atoms with Crippen molar-refractivity contribution in [2.45, 2.75) is 6.42 Å². The van der Waals surface area contributed by atoms with Gasteiger partial charge in [-0.1, -0.05) is 0 Å². The van der Waals surface area contributed by atoms with E-state index in [-0.39, 0.29) is 5.82 Å². The summed E-state index contributed by atoms with van der Waals surface area (Å²) in [6, 6.07) is 5.13. The molecule has 0 radical (unpaired) electrons. The van der Waals surface area contributed by atoms with Crippen molar-refractivity contribution in [1.29, 1.82) is 0 Å². The molecule has 0 aliphatic carbocycles. The van der Waals surface area contributed by atoms with E-state index in [1.54, 1.807) is 25.2 Å². The first-order valence-electron chi connectivity index (χ1n) is 5.41. The van der Waals surface area contributed by atoms with Gasteiger partial charge in [0.25, 0.3) is 0 Å². The standard InChI is InChI=1S/C12H12FN3O/c1-16-11(14)6-9(15-16)7-2-3-10-8(12(7)13)4-5-17-10/h2-3,6H,4-5,14H2,1H3.